The summed E-state index contributed by atoms with van der Waals surface area (Å²) in [4.78, 5) is 25.2. The lowest BCUT2D eigenvalue weighted by molar-refractivity contribution is -0.140. The first-order valence-corrected chi connectivity index (χ1v) is 9.18. The number of nitrogens with zero attached hydrogens (tertiary/aromatic N) is 1. The van der Waals surface area contributed by atoms with Gasteiger partial charge in [-0.05, 0) is 48.4 Å². The van der Waals surface area contributed by atoms with Gasteiger partial charge in [0.25, 0.3) is 0 Å². The van der Waals surface area contributed by atoms with Crippen molar-refractivity contribution < 1.29 is 28.2 Å². The first-order chi connectivity index (χ1) is 13.9. The van der Waals surface area contributed by atoms with E-state index in [1.54, 1.807) is 44.4 Å². The molecule has 0 bridgehead atoms. The van der Waals surface area contributed by atoms with Crippen molar-refractivity contribution in [2.75, 3.05) is 28.4 Å². The molecular formula is C22H27NO6. The third-order valence-electron chi connectivity index (χ3n) is 4.50. The molecule has 1 amide bonds. The van der Waals surface area contributed by atoms with Gasteiger partial charge < -0.3 is 23.5 Å². The van der Waals surface area contributed by atoms with E-state index in [1.165, 1.54) is 13.2 Å². The Hall–Kier alpha value is -3.22. The number of methoxy groups -OCH3 is 3. The zero-order valence-electron chi connectivity index (χ0n) is 17.5. The van der Waals surface area contributed by atoms with E-state index in [4.69, 9.17) is 13.9 Å². The number of amides is 1. The van der Waals surface area contributed by atoms with Gasteiger partial charge in [0.05, 0.1) is 27.8 Å². The van der Waals surface area contributed by atoms with Crippen molar-refractivity contribution in [3.05, 3.63) is 53.0 Å². The molecule has 1 heterocycles. The van der Waals surface area contributed by atoms with Crippen LogP contribution in [0, 0.1) is 6.92 Å². The van der Waals surface area contributed by atoms with Gasteiger partial charge in [-0.15, -0.1) is 0 Å². The maximum Gasteiger partial charge on any atom is 0.305 e. The van der Waals surface area contributed by atoms with Crippen LogP contribution >= 0.6 is 0 Å². The Labute approximate surface area is 170 Å². The van der Waals surface area contributed by atoms with Crippen LogP contribution in [0.4, 0.5) is 0 Å². The van der Waals surface area contributed by atoms with Gasteiger partial charge in [0, 0.05) is 26.1 Å². The Morgan fingerprint density at radius 3 is 2.45 bits per heavy atom. The molecule has 0 fully saturated rings. The van der Waals surface area contributed by atoms with Crippen molar-refractivity contribution in [1.29, 1.82) is 0 Å². The van der Waals surface area contributed by atoms with E-state index in [9.17, 15) is 9.59 Å². The molecule has 0 saturated heterocycles. The van der Waals surface area contributed by atoms with Gasteiger partial charge in [-0.3, -0.25) is 9.59 Å². The Kier molecular flexibility index (Phi) is 7.88. The van der Waals surface area contributed by atoms with Crippen LogP contribution in [0.3, 0.4) is 0 Å². The fourth-order valence-corrected chi connectivity index (χ4v) is 2.75. The number of furan rings is 1. The third-order valence-corrected chi connectivity index (χ3v) is 4.50. The number of carbonyl (C=O) groups is 2. The number of likely N-dealkylation sites (N-methyl/N-ethyl adjacent to an activating group) is 1. The van der Waals surface area contributed by atoms with E-state index in [2.05, 4.69) is 4.74 Å². The summed E-state index contributed by atoms with van der Waals surface area (Å²) in [5.74, 6) is 2.04. The van der Waals surface area contributed by atoms with E-state index in [0.717, 1.165) is 11.1 Å². The van der Waals surface area contributed by atoms with Gasteiger partial charge in [-0.2, -0.15) is 0 Å². The Bertz CT molecular complexity index is 883. The summed E-state index contributed by atoms with van der Waals surface area (Å²) in [5.41, 5.74) is 1.97. The SMILES string of the molecule is COC(=O)CCc1ccc(/C=C/C(=O)N(C)Cc2cc(OC)c(OC)cc2C)o1. The van der Waals surface area contributed by atoms with E-state index in [-0.39, 0.29) is 18.3 Å². The van der Waals surface area contributed by atoms with Crippen molar-refractivity contribution in [1.82, 2.24) is 4.90 Å². The predicted octanol–water partition coefficient (Wildman–Crippen LogP) is 3.38. The standard InChI is InChI=1S/C22H27NO6/c1-15-12-19(26-3)20(27-4)13-16(15)14-23(2)21(24)10-8-17-6-7-18(29-17)9-11-22(25)28-5/h6-8,10,12-13H,9,11,14H2,1-5H3/b10-8+. The second-order valence-electron chi connectivity index (χ2n) is 6.54. The number of benzene rings is 1. The Morgan fingerprint density at radius 1 is 1.10 bits per heavy atom. The summed E-state index contributed by atoms with van der Waals surface area (Å²) in [6, 6.07) is 7.31. The second-order valence-corrected chi connectivity index (χ2v) is 6.54. The molecule has 0 aliphatic carbocycles. The lowest BCUT2D eigenvalue weighted by Gasteiger charge is -2.18. The lowest BCUT2D eigenvalue weighted by Crippen LogP contribution is -2.24. The zero-order valence-corrected chi connectivity index (χ0v) is 17.5. The van der Waals surface area contributed by atoms with Crippen LogP contribution < -0.4 is 9.47 Å². The van der Waals surface area contributed by atoms with Gasteiger partial charge in [0.2, 0.25) is 5.91 Å². The van der Waals surface area contributed by atoms with Crippen LogP contribution in [0.1, 0.15) is 29.1 Å². The van der Waals surface area contributed by atoms with E-state index in [0.29, 0.717) is 36.0 Å². The molecule has 1 aromatic heterocycles. The highest BCUT2D eigenvalue weighted by molar-refractivity contribution is 5.91. The van der Waals surface area contributed by atoms with Gasteiger partial charge >= 0.3 is 5.97 Å². The van der Waals surface area contributed by atoms with Crippen molar-refractivity contribution in [2.45, 2.75) is 26.3 Å². The molecule has 0 radical (unpaired) electrons. The summed E-state index contributed by atoms with van der Waals surface area (Å²) >= 11 is 0. The molecule has 0 atom stereocenters. The molecule has 29 heavy (non-hydrogen) atoms. The number of esters is 1. The average Bonchev–Trinajstić information content (AvgIpc) is 3.18. The first-order valence-electron chi connectivity index (χ1n) is 9.18. The quantitative estimate of drug-likeness (QED) is 0.473. The number of rotatable bonds is 9. The second kappa shape index (κ2) is 10.4. The topological polar surface area (TPSA) is 78.2 Å². The van der Waals surface area contributed by atoms with Crippen molar-refractivity contribution in [3.63, 3.8) is 0 Å². The molecule has 0 N–H and O–H groups in total. The highest BCUT2D eigenvalue weighted by atomic mass is 16.5. The largest absolute Gasteiger partial charge is 0.493 e. The summed E-state index contributed by atoms with van der Waals surface area (Å²) in [6.07, 6.45) is 3.77. The lowest BCUT2D eigenvalue weighted by atomic mass is 10.1. The molecule has 0 aliphatic rings. The predicted molar refractivity (Wildman–Crippen MR) is 109 cm³/mol. The van der Waals surface area contributed by atoms with Gasteiger partial charge in [-0.25, -0.2) is 0 Å². The minimum atomic E-state index is -0.291. The minimum Gasteiger partial charge on any atom is -0.493 e. The third kappa shape index (κ3) is 6.14. The molecule has 2 aromatic rings. The number of hydrogen-bond donors (Lipinski definition) is 0. The van der Waals surface area contributed by atoms with Crippen LogP contribution in [0.5, 0.6) is 11.5 Å². The average molecular weight is 401 g/mol. The van der Waals surface area contributed by atoms with Crippen molar-refractivity contribution in [3.8, 4) is 11.5 Å². The normalized spacial score (nSPS) is 10.8. The van der Waals surface area contributed by atoms with Crippen LogP contribution in [-0.2, 0) is 27.3 Å². The van der Waals surface area contributed by atoms with Crippen LogP contribution in [0.15, 0.2) is 34.8 Å². The minimum absolute atomic E-state index is 0.160. The van der Waals surface area contributed by atoms with Gasteiger partial charge in [0.15, 0.2) is 11.5 Å². The maximum atomic E-state index is 12.5. The Balaban J connectivity index is 1.99. The monoisotopic (exact) mass is 401 g/mol. The fraction of sp³-hybridized carbons (Fsp3) is 0.364. The number of carbonyl (C=O) groups excluding carboxylic acids is 2. The molecule has 7 heteroatoms. The molecule has 2 rings (SSSR count). The molecule has 0 saturated carbocycles. The summed E-state index contributed by atoms with van der Waals surface area (Å²) in [7, 11) is 6.25. The van der Waals surface area contributed by atoms with Gasteiger partial charge in [0.1, 0.15) is 11.5 Å². The van der Waals surface area contributed by atoms with Crippen molar-refractivity contribution in [2.24, 2.45) is 0 Å². The van der Waals surface area contributed by atoms with Crippen LogP contribution in [0.25, 0.3) is 6.08 Å². The molecule has 156 valence electrons. The summed E-state index contributed by atoms with van der Waals surface area (Å²) in [5, 5.41) is 0. The highest BCUT2D eigenvalue weighted by Gasteiger charge is 2.13. The number of aryl methyl sites for hydroxylation is 2. The van der Waals surface area contributed by atoms with E-state index >= 15 is 0 Å². The molecule has 0 unspecified atom stereocenters. The molecule has 1 aromatic carbocycles. The molecule has 0 aliphatic heterocycles. The van der Waals surface area contributed by atoms with Crippen molar-refractivity contribution >= 4 is 18.0 Å². The summed E-state index contributed by atoms with van der Waals surface area (Å²) in [6.45, 7) is 2.39. The molecular weight excluding hydrogens is 374 g/mol. The molecule has 0 spiro atoms. The fourth-order valence-electron chi connectivity index (χ4n) is 2.75. The molecule has 7 nitrogen and oxygen atoms in total. The van der Waals surface area contributed by atoms with Gasteiger partial charge in [-0.1, -0.05) is 0 Å². The maximum absolute atomic E-state index is 12.5. The first kappa shape index (κ1) is 22.1. The summed E-state index contributed by atoms with van der Waals surface area (Å²) < 4.78 is 20.9. The highest BCUT2D eigenvalue weighted by Crippen LogP contribution is 2.30. The van der Waals surface area contributed by atoms with Crippen LogP contribution in [0.2, 0.25) is 0 Å². The van der Waals surface area contributed by atoms with Crippen LogP contribution in [-0.4, -0.2) is 45.2 Å². The van der Waals surface area contributed by atoms with E-state index in [1.807, 2.05) is 19.1 Å². The van der Waals surface area contributed by atoms with E-state index < -0.39 is 0 Å². The smallest absolute Gasteiger partial charge is 0.305 e. The zero-order chi connectivity index (χ0) is 21.4. The Morgan fingerprint density at radius 2 is 1.79 bits per heavy atom. The number of hydrogen-bond acceptors (Lipinski definition) is 6. The number of ether oxygens (including phenoxy) is 3.